The SMILES string of the molecule is CC1=C(C(=O)Nc2ccccc2)C(c2ccc(OCc3cc(C)c(C)cc3C)cc2)n2nc(SCc3ccccc3Cl)nc2N1. The highest BCUT2D eigenvalue weighted by molar-refractivity contribution is 7.98. The summed E-state index contributed by atoms with van der Waals surface area (Å²) in [4.78, 5) is 18.6. The number of fused-ring (bicyclic) bond motifs is 1. The maximum Gasteiger partial charge on any atom is 0.255 e. The number of ether oxygens (including phenoxy) is 1. The molecule has 2 heterocycles. The summed E-state index contributed by atoms with van der Waals surface area (Å²) < 4.78 is 7.98. The van der Waals surface area contributed by atoms with E-state index in [-0.39, 0.29) is 5.91 Å². The summed E-state index contributed by atoms with van der Waals surface area (Å²) in [5.74, 6) is 1.72. The Labute approximate surface area is 272 Å². The number of anilines is 2. The molecule has 2 N–H and O–H groups in total. The van der Waals surface area contributed by atoms with Gasteiger partial charge in [-0.15, -0.1) is 5.10 Å². The number of carbonyl (C=O) groups is 1. The van der Waals surface area contributed by atoms with E-state index in [4.69, 9.17) is 26.4 Å². The molecule has 6 rings (SSSR count). The number of thioether (sulfide) groups is 1. The summed E-state index contributed by atoms with van der Waals surface area (Å²) in [6, 6.07) is 28.9. The third-order valence-electron chi connectivity index (χ3n) is 7.97. The summed E-state index contributed by atoms with van der Waals surface area (Å²) in [6.07, 6.45) is 0. The monoisotopic (exact) mass is 635 g/mol. The van der Waals surface area contributed by atoms with E-state index >= 15 is 0 Å². The smallest absolute Gasteiger partial charge is 0.255 e. The molecule has 45 heavy (non-hydrogen) atoms. The molecule has 0 fully saturated rings. The molecule has 7 nitrogen and oxygen atoms in total. The lowest BCUT2D eigenvalue weighted by atomic mass is 9.95. The third kappa shape index (κ3) is 6.77. The highest BCUT2D eigenvalue weighted by Gasteiger charge is 2.34. The van der Waals surface area contributed by atoms with Gasteiger partial charge >= 0.3 is 0 Å². The van der Waals surface area contributed by atoms with E-state index in [1.807, 2.05) is 85.8 Å². The molecule has 0 spiro atoms. The van der Waals surface area contributed by atoms with Crippen molar-refractivity contribution in [2.75, 3.05) is 10.6 Å². The molecule has 228 valence electrons. The number of hydrogen-bond donors (Lipinski definition) is 2. The maximum atomic E-state index is 13.8. The zero-order valence-corrected chi connectivity index (χ0v) is 27.2. The van der Waals surface area contributed by atoms with Crippen molar-refractivity contribution in [3.8, 4) is 5.75 Å². The van der Waals surface area contributed by atoms with Crippen molar-refractivity contribution in [2.45, 2.75) is 51.3 Å². The van der Waals surface area contributed by atoms with Crippen molar-refractivity contribution in [1.29, 1.82) is 0 Å². The summed E-state index contributed by atoms with van der Waals surface area (Å²) in [5.41, 5.74) is 8.76. The minimum atomic E-state index is -0.511. The van der Waals surface area contributed by atoms with E-state index in [1.165, 1.54) is 28.5 Å². The fourth-order valence-electron chi connectivity index (χ4n) is 5.36. The summed E-state index contributed by atoms with van der Waals surface area (Å²) in [6.45, 7) is 8.72. The number of hydrogen-bond acceptors (Lipinski definition) is 6. The van der Waals surface area contributed by atoms with Gasteiger partial charge in [-0.05, 0) is 91.4 Å². The number of benzene rings is 4. The molecule has 9 heteroatoms. The molecule has 1 atom stereocenters. The first-order chi connectivity index (χ1) is 21.8. The van der Waals surface area contributed by atoms with E-state index in [2.05, 4.69) is 43.5 Å². The first-order valence-corrected chi connectivity index (χ1v) is 16.1. The van der Waals surface area contributed by atoms with Crippen molar-refractivity contribution in [1.82, 2.24) is 14.8 Å². The number of aryl methyl sites for hydroxylation is 3. The van der Waals surface area contributed by atoms with Crippen LogP contribution in [0.15, 0.2) is 107 Å². The van der Waals surface area contributed by atoms with Gasteiger partial charge in [0.15, 0.2) is 0 Å². The van der Waals surface area contributed by atoms with Crippen LogP contribution in [0.1, 0.15) is 46.3 Å². The number of nitrogens with one attached hydrogen (secondary N) is 2. The van der Waals surface area contributed by atoms with Crippen molar-refractivity contribution in [2.24, 2.45) is 0 Å². The molecule has 0 bridgehead atoms. The minimum absolute atomic E-state index is 0.215. The molecule has 0 radical (unpaired) electrons. The van der Waals surface area contributed by atoms with Gasteiger partial charge in [-0.25, -0.2) is 4.68 Å². The average molecular weight is 636 g/mol. The van der Waals surface area contributed by atoms with Crippen molar-refractivity contribution >= 4 is 40.9 Å². The van der Waals surface area contributed by atoms with Crippen LogP contribution in [-0.2, 0) is 17.2 Å². The highest BCUT2D eigenvalue weighted by atomic mass is 35.5. The van der Waals surface area contributed by atoms with Crippen LogP contribution < -0.4 is 15.4 Å². The fraction of sp³-hybridized carbons (Fsp3) is 0.194. The maximum absolute atomic E-state index is 13.8. The van der Waals surface area contributed by atoms with Crippen LogP contribution in [0.5, 0.6) is 5.75 Å². The Hall–Kier alpha value is -4.53. The van der Waals surface area contributed by atoms with Gasteiger partial charge in [-0.2, -0.15) is 4.98 Å². The molecule has 0 aliphatic carbocycles. The van der Waals surface area contributed by atoms with E-state index in [0.717, 1.165) is 22.4 Å². The number of rotatable bonds is 9. The molecule has 1 aliphatic heterocycles. The number of allylic oxidation sites excluding steroid dienone is 1. The highest BCUT2D eigenvalue weighted by Crippen LogP contribution is 2.38. The summed E-state index contributed by atoms with van der Waals surface area (Å²) >= 11 is 7.89. The normalized spacial score (nSPS) is 14.1. The summed E-state index contributed by atoms with van der Waals surface area (Å²) in [5, 5.41) is 12.5. The predicted octanol–water partition coefficient (Wildman–Crippen LogP) is 8.66. The number of carbonyl (C=O) groups excluding carboxylic acids is 1. The predicted molar refractivity (Wildman–Crippen MR) is 182 cm³/mol. The van der Waals surface area contributed by atoms with Crippen LogP contribution in [0.3, 0.4) is 0 Å². The Morgan fingerprint density at radius 1 is 0.911 bits per heavy atom. The van der Waals surface area contributed by atoms with Gasteiger partial charge in [0.05, 0.1) is 5.57 Å². The second-order valence-electron chi connectivity index (χ2n) is 11.1. The first kappa shape index (κ1) is 30.5. The Kier molecular flexibility index (Phi) is 8.96. The van der Waals surface area contributed by atoms with Gasteiger partial charge in [-0.1, -0.05) is 84.0 Å². The lowest BCUT2D eigenvalue weighted by Crippen LogP contribution is -2.31. The molecule has 1 amide bonds. The van der Waals surface area contributed by atoms with Crippen LogP contribution in [0.25, 0.3) is 0 Å². The number of amides is 1. The largest absolute Gasteiger partial charge is 0.489 e. The van der Waals surface area contributed by atoms with E-state index < -0.39 is 6.04 Å². The van der Waals surface area contributed by atoms with Gasteiger partial charge in [0.1, 0.15) is 18.4 Å². The molecule has 0 saturated carbocycles. The number of nitrogens with zero attached hydrogens (tertiary/aromatic N) is 3. The Morgan fingerprint density at radius 3 is 2.38 bits per heavy atom. The van der Waals surface area contributed by atoms with Crippen LogP contribution in [0.4, 0.5) is 11.6 Å². The third-order valence-corrected chi connectivity index (χ3v) is 9.22. The van der Waals surface area contributed by atoms with Gasteiger partial charge in [0.2, 0.25) is 11.1 Å². The molecule has 1 unspecified atom stereocenters. The van der Waals surface area contributed by atoms with Crippen LogP contribution in [0.2, 0.25) is 5.02 Å². The van der Waals surface area contributed by atoms with Gasteiger partial charge in [-0.3, -0.25) is 4.79 Å². The molecule has 0 saturated heterocycles. The standard InChI is InChI=1S/C36H34ClN5O2S/c1-22-18-24(3)28(19-23(22)2)20-44-30-16-14-26(15-17-30)33-32(34(43)39-29-11-6-5-7-12-29)25(4)38-35-40-36(41-42(33)35)45-21-27-10-8-9-13-31(27)37/h5-19,33H,20-21H2,1-4H3,(H,39,43)(H,38,40,41). The van der Waals surface area contributed by atoms with Gasteiger partial charge in [0, 0.05) is 22.2 Å². The first-order valence-electron chi connectivity index (χ1n) is 14.7. The molecule has 1 aliphatic rings. The fourth-order valence-corrected chi connectivity index (χ4v) is 6.47. The molecule has 4 aromatic carbocycles. The topological polar surface area (TPSA) is 81.1 Å². The van der Waals surface area contributed by atoms with Crippen LogP contribution in [-0.4, -0.2) is 20.7 Å². The quantitative estimate of drug-likeness (QED) is 0.158. The molecular formula is C36H34ClN5O2S. The summed E-state index contributed by atoms with van der Waals surface area (Å²) in [7, 11) is 0. The molecule has 1 aromatic heterocycles. The van der Waals surface area contributed by atoms with E-state index in [9.17, 15) is 4.79 Å². The van der Waals surface area contributed by atoms with Crippen molar-refractivity contribution in [3.63, 3.8) is 0 Å². The Balaban J connectivity index is 1.29. The van der Waals surface area contributed by atoms with E-state index in [0.29, 0.717) is 45.4 Å². The van der Waals surface area contributed by atoms with Gasteiger partial charge < -0.3 is 15.4 Å². The zero-order chi connectivity index (χ0) is 31.5. The zero-order valence-electron chi connectivity index (χ0n) is 25.6. The minimum Gasteiger partial charge on any atom is -0.489 e. The van der Waals surface area contributed by atoms with Crippen LogP contribution >= 0.6 is 23.4 Å². The average Bonchev–Trinajstić information content (AvgIpc) is 3.44. The number of para-hydroxylation sites is 1. The molecular weight excluding hydrogens is 602 g/mol. The number of aromatic nitrogens is 3. The van der Waals surface area contributed by atoms with Crippen molar-refractivity contribution < 1.29 is 9.53 Å². The Bertz CT molecular complexity index is 1890. The van der Waals surface area contributed by atoms with Crippen LogP contribution in [0, 0.1) is 20.8 Å². The second-order valence-corrected chi connectivity index (χ2v) is 12.5. The second kappa shape index (κ2) is 13.2. The lowest BCUT2D eigenvalue weighted by molar-refractivity contribution is -0.113. The van der Waals surface area contributed by atoms with Gasteiger partial charge in [0.25, 0.3) is 5.91 Å². The Morgan fingerprint density at radius 2 is 1.62 bits per heavy atom. The van der Waals surface area contributed by atoms with E-state index in [1.54, 1.807) is 4.68 Å². The number of halogens is 1. The molecule has 5 aromatic rings. The van der Waals surface area contributed by atoms with Crippen molar-refractivity contribution in [3.05, 3.63) is 141 Å². The lowest BCUT2D eigenvalue weighted by Gasteiger charge is -2.28.